The molecule has 2 heterocycles. The zero-order chi connectivity index (χ0) is 13.4. The molecular weight excluding hydrogens is 278 g/mol. The van der Waals surface area contributed by atoms with Gasteiger partial charge in [-0.3, -0.25) is 0 Å². The fourth-order valence-corrected chi connectivity index (χ4v) is 4.32. The van der Waals surface area contributed by atoms with Crippen molar-refractivity contribution >= 4 is 33.2 Å². The molecule has 3 nitrogen and oxygen atoms in total. The molecule has 0 aromatic carbocycles. The highest BCUT2D eigenvalue weighted by molar-refractivity contribution is 7.19. The van der Waals surface area contributed by atoms with E-state index in [0.717, 1.165) is 29.0 Å². The summed E-state index contributed by atoms with van der Waals surface area (Å²) in [5.74, 6) is 0.818. The number of nitrogens with zero attached hydrogens (tertiary/aromatic N) is 3. The van der Waals surface area contributed by atoms with Crippen LogP contribution in [0.3, 0.4) is 0 Å². The molecular formula is C14H18ClN3S. The van der Waals surface area contributed by atoms with Gasteiger partial charge >= 0.3 is 0 Å². The lowest BCUT2D eigenvalue weighted by atomic mass is 10.1. The maximum Gasteiger partial charge on any atom is 0.145 e. The van der Waals surface area contributed by atoms with Gasteiger partial charge in [0.05, 0.1) is 11.9 Å². The average molecular weight is 296 g/mol. The van der Waals surface area contributed by atoms with Gasteiger partial charge < -0.3 is 4.90 Å². The largest absolute Gasteiger partial charge is 0.302 e. The molecule has 0 saturated heterocycles. The number of fused-ring (bicyclic) bond motifs is 3. The highest BCUT2D eigenvalue weighted by atomic mass is 35.5. The van der Waals surface area contributed by atoms with E-state index >= 15 is 0 Å². The third-order valence-corrected chi connectivity index (χ3v) is 4.98. The summed E-state index contributed by atoms with van der Waals surface area (Å²) < 4.78 is 0. The van der Waals surface area contributed by atoms with Crippen molar-refractivity contribution in [2.75, 3.05) is 14.1 Å². The van der Waals surface area contributed by atoms with Crippen LogP contribution >= 0.6 is 22.9 Å². The molecule has 102 valence electrons. The number of hydrogen-bond donors (Lipinski definition) is 0. The summed E-state index contributed by atoms with van der Waals surface area (Å²) >= 11 is 8.23. The van der Waals surface area contributed by atoms with Gasteiger partial charge in [0.2, 0.25) is 0 Å². The van der Waals surface area contributed by atoms with Gasteiger partial charge in [-0.25, -0.2) is 9.97 Å². The van der Waals surface area contributed by atoms with E-state index in [9.17, 15) is 0 Å². The Morgan fingerprint density at radius 1 is 1.16 bits per heavy atom. The monoisotopic (exact) mass is 295 g/mol. The normalized spacial score (nSPS) is 15.8. The van der Waals surface area contributed by atoms with Crippen LogP contribution in [0, 0.1) is 0 Å². The second kappa shape index (κ2) is 5.35. The van der Waals surface area contributed by atoms with E-state index in [1.807, 2.05) is 25.4 Å². The van der Waals surface area contributed by atoms with Crippen LogP contribution in [-0.2, 0) is 19.4 Å². The molecule has 0 aliphatic heterocycles. The summed E-state index contributed by atoms with van der Waals surface area (Å²) in [4.78, 5) is 13.8. The van der Waals surface area contributed by atoms with Crippen molar-refractivity contribution in [1.29, 1.82) is 0 Å². The first-order chi connectivity index (χ1) is 9.15. The number of halogens is 1. The SMILES string of the molecule is CN(C)Cc1nc(Cl)c2c3c(sc2n1)CCCCC3. The third kappa shape index (κ3) is 2.62. The van der Waals surface area contributed by atoms with Crippen LogP contribution in [0.15, 0.2) is 0 Å². The van der Waals surface area contributed by atoms with Crippen LogP contribution in [-0.4, -0.2) is 29.0 Å². The molecule has 1 aliphatic rings. The molecule has 0 unspecified atom stereocenters. The summed E-state index contributed by atoms with van der Waals surface area (Å²) in [7, 11) is 4.04. The lowest BCUT2D eigenvalue weighted by Crippen LogP contribution is -2.13. The maximum atomic E-state index is 6.41. The summed E-state index contributed by atoms with van der Waals surface area (Å²) in [6.45, 7) is 0.734. The highest BCUT2D eigenvalue weighted by Crippen LogP contribution is 2.37. The van der Waals surface area contributed by atoms with Crippen molar-refractivity contribution in [2.45, 2.75) is 38.6 Å². The van der Waals surface area contributed by atoms with Gasteiger partial charge in [-0.05, 0) is 45.3 Å². The van der Waals surface area contributed by atoms with Crippen molar-refractivity contribution in [1.82, 2.24) is 14.9 Å². The molecule has 19 heavy (non-hydrogen) atoms. The van der Waals surface area contributed by atoms with Crippen LogP contribution < -0.4 is 0 Å². The minimum atomic E-state index is 0.640. The van der Waals surface area contributed by atoms with Crippen LogP contribution in [0.1, 0.15) is 35.5 Å². The molecule has 0 saturated carbocycles. The van der Waals surface area contributed by atoms with E-state index in [0.29, 0.717) is 5.15 Å². The van der Waals surface area contributed by atoms with Crippen molar-refractivity contribution in [2.24, 2.45) is 0 Å². The van der Waals surface area contributed by atoms with Crippen molar-refractivity contribution in [3.8, 4) is 0 Å². The highest BCUT2D eigenvalue weighted by Gasteiger charge is 2.19. The number of rotatable bonds is 2. The fraction of sp³-hybridized carbons (Fsp3) is 0.571. The van der Waals surface area contributed by atoms with Crippen LogP contribution in [0.25, 0.3) is 10.2 Å². The number of aromatic nitrogens is 2. The van der Waals surface area contributed by atoms with E-state index in [1.54, 1.807) is 0 Å². The fourth-order valence-electron chi connectivity index (χ4n) is 2.68. The third-order valence-electron chi connectivity index (χ3n) is 3.52. The summed E-state index contributed by atoms with van der Waals surface area (Å²) in [6.07, 6.45) is 6.17. The Bertz CT molecular complexity index is 606. The molecule has 0 radical (unpaired) electrons. The summed E-state index contributed by atoms with van der Waals surface area (Å²) in [6, 6.07) is 0. The van der Waals surface area contributed by atoms with Gasteiger partial charge in [-0.15, -0.1) is 11.3 Å². The Morgan fingerprint density at radius 3 is 2.74 bits per heavy atom. The zero-order valence-electron chi connectivity index (χ0n) is 11.4. The Morgan fingerprint density at radius 2 is 1.95 bits per heavy atom. The number of thiophene rings is 1. The summed E-state index contributed by atoms with van der Waals surface area (Å²) in [5, 5.41) is 1.76. The first-order valence-corrected chi connectivity index (χ1v) is 7.96. The van der Waals surface area contributed by atoms with E-state index in [1.165, 1.54) is 36.1 Å². The van der Waals surface area contributed by atoms with E-state index in [4.69, 9.17) is 16.6 Å². The second-order valence-corrected chi connectivity index (χ2v) is 6.85. The van der Waals surface area contributed by atoms with E-state index in [2.05, 4.69) is 9.88 Å². The minimum absolute atomic E-state index is 0.640. The average Bonchev–Trinajstić information content (AvgIpc) is 2.52. The van der Waals surface area contributed by atoms with Gasteiger partial charge in [0.15, 0.2) is 0 Å². The number of hydrogen-bond acceptors (Lipinski definition) is 4. The Labute approximate surface area is 122 Å². The van der Waals surface area contributed by atoms with E-state index < -0.39 is 0 Å². The van der Waals surface area contributed by atoms with Gasteiger partial charge in [0.25, 0.3) is 0 Å². The second-order valence-electron chi connectivity index (χ2n) is 5.41. The molecule has 0 atom stereocenters. The van der Waals surface area contributed by atoms with Crippen LogP contribution in [0.5, 0.6) is 0 Å². The van der Waals surface area contributed by atoms with Crippen molar-refractivity contribution < 1.29 is 0 Å². The smallest absolute Gasteiger partial charge is 0.145 e. The minimum Gasteiger partial charge on any atom is -0.302 e. The Balaban J connectivity index is 2.11. The van der Waals surface area contributed by atoms with Crippen LogP contribution in [0.2, 0.25) is 5.15 Å². The molecule has 0 amide bonds. The molecule has 5 heteroatoms. The quantitative estimate of drug-likeness (QED) is 0.625. The Hall–Kier alpha value is -0.710. The first kappa shape index (κ1) is 13.3. The molecule has 3 rings (SSSR count). The first-order valence-electron chi connectivity index (χ1n) is 6.76. The predicted molar refractivity (Wildman–Crippen MR) is 81.1 cm³/mol. The van der Waals surface area contributed by atoms with Crippen molar-refractivity contribution in [3.63, 3.8) is 0 Å². The van der Waals surface area contributed by atoms with Gasteiger partial charge in [0, 0.05) is 4.88 Å². The number of aryl methyl sites for hydroxylation is 2. The molecule has 0 spiro atoms. The predicted octanol–water partition coefficient (Wildman–Crippen LogP) is 3.68. The zero-order valence-corrected chi connectivity index (χ0v) is 12.9. The lowest BCUT2D eigenvalue weighted by molar-refractivity contribution is 0.391. The standard InChI is InChI=1S/C14H18ClN3S/c1-18(2)8-11-16-13(15)12-9-6-4-3-5-7-10(9)19-14(12)17-11/h3-8H2,1-2H3. The Kier molecular flexibility index (Phi) is 3.74. The lowest BCUT2D eigenvalue weighted by Gasteiger charge is -2.08. The van der Waals surface area contributed by atoms with Gasteiger partial charge in [0.1, 0.15) is 15.8 Å². The molecule has 2 aromatic heterocycles. The molecule has 0 N–H and O–H groups in total. The van der Waals surface area contributed by atoms with Gasteiger partial charge in [-0.2, -0.15) is 0 Å². The van der Waals surface area contributed by atoms with E-state index in [-0.39, 0.29) is 0 Å². The molecule has 0 fully saturated rings. The van der Waals surface area contributed by atoms with Gasteiger partial charge in [-0.1, -0.05) is 18.0 Å². The molecule has 2 aromatic rings. The maximum absolute atomic E-state index is 6.41. The van der Waals surface area contributed by atoms with Crippen LogP contribution in [0.4, 0.5) is 0 Å². The topological polar surface area (TPSA) is 29.0 Å². The van der Waals surface area contributed by atoms with Crippen molar-refractivity contribution in [3.05, 3.63) is 21.4 Å². The molecule has 1 aliphatic carbocycles. The molecule has 0 bridgehead atoms. The summed E-state index contributed by atoms with van der Waals surface area (Å²) in [5.41, 5.74) is 1.42.